The van der Waals surface area contributed by atoms with Crippen molar-refractivity contribution in [1.29, 1.82) is 0 Å². The number of para-hydroxylation sites is 1. The topological polar surface area (TPSA) is 90.9 Å². The number of carbonyl (C=O) groups excluding carboxylic acids is 3. The molecule has 0 radical (unpaired) electrons. The van der Waals surface area contributed by atoms with Gasteiger partial charge >= 0.3 is 11.9 Å². The molecule has 0 amide bonds. The number of Topliss-reactive ketones (excluding diaryl/α,β-unsaturated/α-hetero) is 1. The number of ketones is 1. The number of carbonyl (C=O) groups is 3. The molecule has 36 heavy (non-hydrogen) atoms. The molecule has 1 aliphatic heterocycles. The third-order valence-corrected chi connectivity index (χ3v) is 7.52. The molecule has 0 spiro atoms. The number of ether oxygens (including phenoxy) is 3. The zero-order valence-corrected chi connectivity index (χ0v) is 21.7. The van der Waals surface area contributed by atoms with Gasteiger partial charge in [-0.15, -0.1) is 0 Å². The molecule has 1 aromatic carbocycles. The Morgan fingerprint density at radius 3 is 2.56 bits per heavy atom. The third-order valence-electron chi connectivity index (χ3n) is 7.52. The Morgan fingerprint density at radius 1 is 1.14 bits per heavy atom. The molecule has 0 bridgehead atoms. The Hall–Kier alpha value is -3.09. The van der Waals surface area contributed by atoms with Crippen LogP contribution in [0.4, 0.5) is 0 Å². The maximum Gasteiger partial charge on any atom is 0.337 e. The van der Waals surface area contributed by atoms with Gasteiger partial charge in [0.25, 0.3) is 0 Å². The van der Waals surface area contributed by atoms with Crippen LogP contribution in [0.2, 0.25) is 0 Å². The van der Waals surface area contributed by atoms with Gasteiger partial charge in [-0.1, -0.05) is 38.5 Å². The highest BCUT2D eigenvalue weighted by Gasteiger charge is 2.48. The van der Waals surface area contributed by atoms with Gasteiger partial charge in [-0.05, 0) is 57.4 Å². The number of rotatable bonds is 8. The van der Waals surface area contributed by atoms with Gasteiger partial charge in [-0.3, -0.25) is 9.59 Å². The molecule has 0 unspecified atom stereocenters. The molecule has 2 aliphatic carbocycles. The number of unbranched alkanes of at least 4 members (excludes halogenated alkanes) is 1. The summed E-state index contributed by atoms with van der Waals surface area (Å²) in [5.74, 6) is -2.50. The van der Waals surface area contributed by atoms with E-state index in [1.165, 1.54) is 7.11 Å². The first-order chi connectivity index (χ1) is 17.4. The predicted molar refractivity (Wildman–Crippen MR) is 135 cm³/mol. The summed E-state index contributed by atoms with van der Waals surface area (Å²) in [5, 5.41) is 3.33. The van der Waals surface area contributed by atoms with Crippen molar-refractivity contribution in [2.24, 2.45) is 11.8 Å². The summed E-state index contributed by atoms with van der Waals surface area (Å²) in [6, 6.07) is 7.54. The fraction of sp³-hybridized carbons (Fsp3) is 0.552. The average Bonchev–Trinajstić information content (AvgIpc) is 3.36. The highest BCUT2D eigenvalue weighted by Crippen LogP contribution is 2.47. The number of allylic oxidation sites excluding steroid dienone is 3. The molecular formula is C29H37NO6. The molecule has 3 atom stereocenters. The highest BCUT2D eigenvalue weighted by molar-refractivity contribution is 6.12. The van der Waals surface area contributed by atoms with Crippen LogP contribution in [0, 0.1) is 11.8 Å². The third kappa shape index (κ3) is 5.06. The van der Waals surface area contributed by atoms with E-state index < -0.39 is 23.8 Å². The Morgan fingerprint density at radius 2 is 1.86 bits per heavy atom. The average molecular weight is 496 g/mol. The van der Waals surface area contributed by atoms with Crippen molar-refractivity contribution in [1.82, 2.24) is 5.32 Å². The molecule has 1 heterocycles. The van der Waals surface area contributed by atoms with Crippen LogP contribution < -0.4 is 10.1 Å². The standard InChI is InChI=1S/C29H37NO6/c1-5-6-15-35-22-14-10-9-13-20(22)25-24(29(33)36-19-11-7-8-12-19)18(3)30-21-16-17(2)23(28(32)34-4)27(31)26(21)25/h9-10,13-14,17,19,23,25,30H,5-8,11-12,15-16H2,1-4H3/t17-,23+,25+/m1/s1. The molecular weight excluding hydrogens is 458 g/mol. The quantitative estimate of drug-likeness (QED) is 0.309. The van der Waals surface area contributed by atoms with Crippen LogP contribution in [0.25, 0.3) is 0 Å². The van der Waals surface area contributed by atoms with Gasteiger partial charge in [0.15, 0.2) is 5.78 Å². The first kappa shape index (κ1) is 26.0. The summed E-state index contributed by atoms with van der Waals surface area (Å²) >= 11 is 0. The zero-order valence-electron chi connectivity index (χ0n) is 21.7. The van der Waals surface area contributed by atoms with E-state index in [2.05, 4.69) is 12.2 Å². The first-order valence-electron chi connectivity index (χ1n) is 13.1. The summed E-state index contributed by atoms with van der Waals surface area (Å²) in [5.41, 5.74) is 2.97. The van der Waals surface area contributed by atoms with Crippen LogP contribution in [0.5, 0.6) is 5.75 Å². The van der Waals surface area contributed by atoms with E-state index in [9.17, 15) is 14.4 Å². The Bertz CT molecular complexity index is 1080. The van der Waals surface area contributed by atoms with Crippen molar-refractivity contribution in [3.63, 3.8) is 0 Å². The number of methoxy groups -OCH3 is 1. The number of hydrogen-bond donors (Lipinski definition) is 1. The molecule has 1 fully saturated rings. The minimum absolute atomic E-state index is 0.116. The summed E-state index contributed by atoms with van der Waals surface area (Å²) in [7, 11) is 1.30. The van der Waals surface area contributed by atoms with Crippen LogP contribution in [0.3, 0.4) is 0 Å². The van der Waals surface area contributed by atoms with Crippen molar-refractivity contribution in [3.8, 4) is 5.75 Å². The summed E-state index contributed by atoms with van der Waals surface area (Å²) in [6.07, 6.45) is 6.04. The van der Waals surface area contributed by atoms with Gasteiger partial charge < -0.3 is 19.5 Å². The summed E-state index contributed by atoms with van der Waals surface area (Å²) in [4.78, 5) is 40.2. The number of esters is 2. The lowest BCUT2D eigenvalue weighted by molar-refractivity contribution is -0.151. The second-order valence-electron chi connectivity index (χ2n) is 10.1. The predicted octanol–water partition coefficient (Wildman–Crippen LogP) is 4.96. The maximum absolute atomic E-state index is 13.9. The van der Waals surface area contributed by atoms with Crippen LogP contribution in [0.1, 0.15) is 77.2 Å². The first-order valence-corrected chi connectivity index (χ1v) is 13.1. The van der Waals surface area contributed by atoms with Gasteiger partial charge in [0.05, 0.1) is 25.2 Å². The molecule has 7 nitrogen and oxygen atoms in total. The van der Waals surface area contributed by atoms with Gasteiger partial charge in [0, 0.05) is 22.5 Å². The van der Waals surface area contributed by atoms with E-state index in [1.54, 1.807) is 0 Å². The highest BCUT2D eigenvalue weighted by atomic mass is 16.5. The molecule has 194 valence electrons. The number of benzene rings is 1. The van der Waals surface area contributed by atoms with Crippen LogP contribution >= 0.6 is 0 Å². The smallest absolute Gasteiger partial charge is 0.337 e. The lowest BCUT2D eigenvalue weighted by Gasteiger charge is -2.38. The lowest BCUT2D eigenvalue weighted by Crippen LogP contribution is -2.43. The minimum atomic E-state index is -0.920. The molecule has 7 heteroatoms. The van der Waals surface area contributed by atoms with Crippen LogP contribution in [-0.2, 0) is 23.9 Å². The second kappa shape index (κ2) is 11.3. The summed E-state index contributed by atoms with van der Waals surface area (Å²) in [6.45, 7) is 6.36. The summed E-state index contributed by atoms with van der Waals surface area (Å²) < 4.78 is 17.1. The maximum atomic E-state index is 13.9. The normalized spacial score (nSPS) is 24.3. The van der Waals surface area contributed by atoms with Crippen molar-refractivity contribution in [2.45, 2.75) is 77.7 Å². The van der Waals surface area contributed by atoms with E-state index in [1.807, 2.05) is 38.1 Å². The molecule has 1 saturated carbocycles. The number of nitrogens with one attached hydrogen (secondary N) is 1. The second-order valence-corrected chi connectivity index (χ2v) is 10.1. The number of hydrogen-bond acceptors (Lipinski definition) is 7. The van der Waals surface area contributed by atoms with E-state index in [-0.39, 0.29) is 17.8 Å². The number of dihydropyridines is 1. The Labute approximate surface area is 213 Å². The van der Waals surface area contributed by atoms with Gasteiger partial charge in [0.1, 0.15) is 17.8 Å². The Kier molecular flexibility index (Phi) is 8.17. The fourth-order valence-electron chi connectivity index (χ4n) is 5.66. The largest absolute Gasteiger partial charge is 0.493 e. The molecule has 0 aromatic heterocycles. The monoisotopic (exact) mass is 495 g/mol. The molecule has 1 N–H and O–H groups in total. The Balaban J connectivity index is 1.82. The van der Waals surface area contributed by atoms with Crippen molar-refractivity contribution in [3.05, 3.63) is 52.4 Å². The SMILES string of the molecule is CCCCOc1ccccc1[C@H]1C(C(=O)OC2CCCC2)=C(C)NC2=C1C(=O)[C@@H](C(=O)OC)[C@H](C)C2. The molecule has 1 aromatic rings. The molecule has 3 aliphatic rings. The zero-order chi connectivity index (χ0) is 25.8. The molecule has 4 rings (SSSR count). The van der Waals surface area contributed by atoms with Gasteiger partial charge in [-0.2, -0.15) is 0 Å². The van der Waals surface area contributed by atoms with E-state index in [0.29, 0.717) is 35.6 Å². The van der Waals surface area contributed by atoms with Crippen molar-refractivity contribution >= 4 is 17.7 Å². The van der Waals surface area contributed by atoms with E-state index in [4.69, 9.17) is 14.2 Å². The van der Waals surface area contributed by atoms with Gasteiger partial charge in [0.2, 0.25) is 0 Å². The van der Waals surface area contributed by atoms with Gasteiger partial charge in [-0.25, -0.2) is 4.79 Å². The van der Waals surface area contributed by atoms with Crippen molar-refractivity contribution < 1.29 is 28.6 Å². The van der Waals surface area contributed by atoms with E-state index >= 15 is 0 Å². The fourth-order valence-corrected chi connectivity index (χ4v) is 5.66. The van der Waals surface area contributed by atoms with Crippen molar-refractivity contribution in [2.75, 3.05) is 13.7 Å². The molecule has 0 saturated heterocycles. The van der Waals surface area contributed by atoms with E-state index in [0.717, 1.165) is 49.8 Å². The lowest BCUT2D eigenvalue weighted by atomic mass is 9.69. The van der Waals surface area contributed by atoms with Crippen LogP contribution in [0.15, 0.2) is 46.8 Å². The minimum Gasteiger partial charge on any atom is -0.493 e. The van der Waals surface area contributed by atoms with Crippen LogP contribution in [-0.4, -0.2) is 37.5 Å².